The number of carbonyl (C=O) groups is 2. The Morgan fingerprint density at radius 2 is 1.82 bits per heavy atom. The van der Waals surface area contributed by atoms with Crippen LogP contribution in [0.25, 0.3) is 10.9 Å². The fourth-order valence-electron chi connectivity index (χ4n) is 3.74. The Balaban J connectivity index is 1.18. The molecule has 0 spiro atoms. The van der Waals surface area contributed by atoms with Crippen LogP contribution in [0.2, 0.25) is 0 Å². The standard InChI is InChI=1S/C26H22N4O3S/c1-17-14-19(25(31)30-15-20(16-30)33-26(32)22-8-2-3-12-27-22)10-11-21(17)29-34-23-9-4-6-18-7-5-13-28-24(18)23/h2-14,20,29H,15-16H2,1H3. The van der Waals surface area contributed by atoms with Gasteiger partial charge in [0.25, 0.3) is 5.91 Å². The molecule has 2 aromatic carbocycles. The van der Waals surface area contributed by atoms with Crippen molar-refractivity contribution in [1.29, 1.82) is 0 Å². The van der Waals surface area contributed by atoms with Gasteiger partial charge in [0, 0.05) is 29.0 Å². The van der Waals surface area contributed by atoms with Crippen LogP contribution in [0.4, 0.5) is 5.69 Å². The van der Waals surface area contributed by atoms with Gasteiger partial charge in [-0.25, -0.2) is 9.78 Å². The molecule has 1 fully saturated rings. The summed E-state index contributed by atoms with van der Waals surface area (Å²) in [5.41, 5.74) is 3.71. The fourth-order valence-corrected chi connectivity index (χ4v) is 4.60. The van der Waals surface area contributed by atoms with E-state index in [-0.39, 0.29) is 17.7 Å². The number of aromatic nitrogens is 2. The fraction of sp³-hybridized carbons (Fsp3) is 0.154. The minimum absolute atomic E-state index is 0.0781. The smallest absolute Gasteiger partial charge is 0.357 e. The van der Waals surface area contributed by atoms with E-state index in [0.29, 0.717) is 18.7 Å². The molecule has 0 radical (unpaired) electrons. The third-order valence-corrected chi connectivity index (χ3v) is 6.49. The van der Waals surface area contributed by atoms with Crippen molar-refractivity contribution in [2.45, 2.75) is 17.9 Å². The monoisotopic (exact) mass is 470 g/mol. The van der Waals surface area contributed by atoms with Crippen LogP contribution in [0.1, 0.15) is 26.4 Å². The molecule has 1 aliphatic rings. The number of ether oxygens (including phenoxy) is 1. The Bertz CT molecular complexity index is 1350. The van der Waals surface area contributed by atoms with Crippen molar-refractivity contribution >= 4 is 40.4 Å². The lowest BCUT2D eigenvalue weighted by Gasteiger charge is -2.38. The number of amides is 1. The number of esters is 1. The maximum absolute atomic E-state index is 12.9. The zero-order chi connectivity index (χ0) is 23.5. The van der Waals surface area contributed by atoms with Gasteiger partial charge in [0.2, 0.25) is 0 Å². The number of likely N-dealkylation sites (tertiary alicyclic amines) is 1. The number of nitrogens with one attached hydrogen (secondary N) is 1. The molecule has 0 aliphatic carbocycles. The minimum atomic E-state index is -0.470. The number of hydrogen-bond acceptors (Lipinski definition) is 7. The Hall–Kier alpha value is -3.91. The first-order valence-corrected chi connectivity index (χ1v) is 11.7. The zero-order valence-electron chi connectivity index (χ0n) is 18.5. The number of nitrogens with zero attached hydrogens (tertiary/aromatic N) is 3. The summed E-state index contributed by atoms with van der Waals surface area (Å²) in [7, 11) is 0. The van der Waals surface area contributed by atoms with Gasteiger partial charge in [0.1, 0.15) is 11.8 Å². The van der Waals surface area contributed by atoms with Crippen molar-refractivity contribution < 1.29 is 14.3 Å². The van der Waals surface area contributed by atoms with Gasteiger partial charge in [-0.05, 0) is 66.9 Å². The highest BCUT2D eigenvalue weighted by atomic mass is 32.2. The first-order valence-electron chi connectivity index (χ1n) is 10.9. The largest absolute Gasteiger partial charge is 0.454 e. The topological polar surface area (TPSA) is 84.4 Å². The van der Waals surface area contributed by atoms with Crippen LogP contribution in [-0.4, -0.2) is 45.9 Å². The summed E-state index contributed by atoms with van der Waals surface area (Å²) < 4.78 is 8.80. The third-order valence-electron chi connectivity index (χ3n) is 5.62. The van der Waals surface area contributed by atoms with Crippen molar-refractivity contribution in [3.8, 4) is 0 Å². The van der Waals surface area contributed by atoms with Crippen LogP contribution in [0, 0.1) is 6.92 Å². The van der Waals surface area contributed by atoms with E-state index in [1.54, 1.807) is 35.5 Å². The molecule has 0 atom stereocenters. The average molecular weight is 471 g/mol. The number of rotatable bonds is 6. The van der Waals surface area contributed by atoms with E-state index in [4.69, 9.17) is 4.74 Å². The van der Waals surface area contributed by atoms with Gasteiger partial charge in [-0.2, -0.15) is 0 Å². The molecule has 0 saturated carbocycles. The molecule has 1 N–H and O–H groups in total. The maximum atomic E-state index is 12.9. The molecule has 34 heavy (non-hydrogen) atoms. The number of aryl methyl sites for hydroxylation is 1. The highest BCUT2D eigenvalue weighted by molar-refractivity contribution is 8.00. The molecule has 1 aliphatic heterocycles. The lowest BCUT2D eigenvalue weighted by Crippen LogP contribution is -2.55. The van der Waals surface area contributed by atoms with Crippen molar-refractivity contribution in [2.75, 3.05) is 17.8 Å². The Labute approximate surface area is 201 Å². The van der Waals surface area contributed by atoms with Crippen LogP contribution in [0.3, 0.4) is 0 Å². The Morgan fingerprint density at radius 3 is 2.62 bits per heavy atom. The summed E-state index contributed by atoms with van der Waals surface area (Å²) in [6.45, 7) is 2.72. The SMILES string of the molecule is Cc1cc(C(=O)N2CC(OC(=O)c3ccccn3)C2)ccc1NSc1cccc2cccnc12. The molecular weight excluding hydrogens is 448 g/mol. The van der Waals surface area contributed by atoms with Gasteiger partial charge in [-0.3, -0.25) is 9.78 Å². The van der Waals surface area contributed by atoms with E-state index in [1.165, 1.54) is 11.9 Å². The van der Waals surface area contributed by atoms with Crippen LogP contribution in [-0.2, 0) is 4.74 Å². The number of fused-ring (bicyclic) bond motifs is 1. The molecule has 1 amide bonds. The second-order valence-corrected chi connectivity index (χ2v) is 8.87. The van der Waals surface area contributed by atoms with Crippen LogP contribution < -0.4 is 4.72 Å². The van der Waals surface area contributed by atoms with Crippen LogP contribution in [0.5, 0.6) is 0 Å². The predicted molar refractivity (Wildman–Crippen MR) is 132 cm³/mol. The molecule has 8 heteroatoms. The van der Waals surface area contributed by atoms with E-state index in [9.17, 15) is 9.59 Å². The maximum Gasteiger partial charge on any atom is 0.357 e. The molecular formula is C26H22N4O3S. The molecule has 2 aromatic heterocycles. The average Bonchev–Trinajstić information content (AvgIpc) is 2.85. The van der Waals surface area contributed by atoms with Gasteiger partial charge in [0.15, 0.2) is 0 Å². The number of anilines is 1. The van der Waals surface area contributed by atoms with Crippen molar-refractivity contribution in [3.05, 3.63) is 95.9 Å². The van der Waals surface area contributed by atoms with E-state index in [0.717, 1.165) is 27.0 Å². The summed E-state index contributed by atoms with van der Waals surface area (Å²) in [5, 5.41) is 1.09. The second kappa shape index (κ2) is 9.52. The highest BCUT2D eigenvalue weighted by Crippen LogP contribution is 2.29. The molecule has 5 rings (SSSR count). The van der Waals surface area contributed by atoms with E-state index in [1.807, 2.05) is 55.5 Å². The minimum Gasteiger partial charge on any atom is -0.454 e. The number of pyridine rings is 2. The molecule has 4 aromatic rings. The summed E-state index contributed by atoms with van der Waals surface area (Å²) in [4.78, 5) is 36.2. The second-order valence-electron chi connectivity index (χ2n) is 8.02. The van der Waals surface area contributed by atoms with E-state index in [2.05, 4.69) is 14.7 Å². The summed E-state index contributed by atoms with van der Waals surface area (Å²) in [5.74, 6) is -0.548. The van der Waals surface area contributed by atoms with Crippen molar-refractivity contribution in [3.63, 3.8) is 0 Å². The third kappa shape index (κ3) is 4.58. The molecule has 1 saturated heterocycles. The molecule has 3 heterocycles. The van der Waals surface area contributed by atoms with Crippen molar-refractivity contribution in [2.24, 2.45) is 0 Å². The van der Waals surface area contributed by atoms with E-state index < -0.39 is 5.97 Å². The lowest BCUT2D eigenvalue weighted by atomic mass is 10.1. The zero-order valence-corrected chi connectivity index (χ0v) is 19.3. The van der Waals surface area contributed by atoms with Crippen LogP contribution >= 0.6 is 11.9 Å². The normalized spacial score (nSPS) is 13.4. The Morgan fingerprint density at radius 1 is 1.00 bits per heavy atom. The molecule has 170 valence electrons. The van der Waals surface area contributed by atoms with Gasteiger partial charge in [-0.15, -0.1) is 0 Å². The van der Waals surface area contributed by atoms with Gasteiger partial charge in [0.05, 0.1) is 23.5 Å². The van der Waals surface area contributed by atoms with Crippen molar-refractivity contribution in [1.82, 2.24) is 14.9 Å². The number of benzene rings is 2. The van der Waals surface area contributed by atoms with Gasteiger partial charge < -0.3 is 14.4 Å². The van der Waals surface area contributed by atoms with Gasteiger partial charge >= 0.3 is 5.97 Å². The summed E-state index contributed by atoms with van der Waals surface area (Å²) >= 11 is 1.50. The lowest BCUT2D eigenvalue weighted by molar-refractivity contribution is -0.0238. The quantitative estimate of drug-likeness (QED) is 0.322. The summed E-state index contributed by atoms with van der Waals surface area (Å²) in [6.07, 6.45) is 3.02. The number of hydrogen-bond donors (Lipinski definition) is 1. The Kier molecular flexibility index (Phi) is 6.14. The predicted octanol–water partition coefficient (Wildman–Crippen LogP) is 4.74. The van der Waals surface area contributed by atoms with Gasteiger partial charge in [-0.1, -0.05) is 24.3 Å². The first-order chi connectivity index (χ1) is 16.6. The first kappa shape index (κ1) is 21.9. The highest BCUT2D eigenvalue weighted by Gasteiger charge is 2.34. The number of carbonyl (C=O) groups excluding carboxylic acids is 2. The summed E-state index contributed by atoms with van der Waals surface area (Å²) in [6, 6.07) is 20.7. The number of para-hydroxylation sites is 1. The molecule has 0 bridgehead atoms. The van der Waals surface area contributed by atoms with E-state index >= 15 is 0 Å². The molecule has 0 unspecified atom stereocenters. The molecule has 7 nitrogen and oxygen atoms in total. The van der Waals surface area contributed by atoms with Crippen LogP contribution in [0.15, 0.2) is 84.0 Å².